The number of anilines is 1. The number of ether oxygens (including phenoxy) is 1. The molecular weight excluding hydrogens is 416 g/mol. The molecule has 2 aromatic carbocycles. The van der Waals surface area contributed by atoms with E-state index in [4.69, 9.17) is 4.74 Å². The fraction of sp³-hybridized carbons (Fsp3) is 0.462. The summed E-state index contributed by atoms with van der Waals surface area (Å²) in [5, 5.41) is 6.13. The second-order valence-corrected chi connectivity index (χ2v) is 8.83. The van der Waals surface area contributed by atoms with Crippen LogP contribution in [0.3, 0.4) is 0 Å². The van der Waals surface area contributed by atoms with Gasteiger partial charge in [-0.2, -0.15) is 0 Å². The van der Waals surface area contributed by atoms with Gasteiger partial charge in [0.1, 0.15) is 5.75 Å². The van der Waals surface area contributed by atoms with Crippen molar-refractivity contribution in [1.82, 2.24) is 15.1 Å². The van der Waals surface area contributed by atoms with Gasteiger partial charge in [-0.15, -0.1) is 0 Å². The van der Waals surface area contributed by atoms with Gasteiger partial charge in [-0.1, -0.05) is 30.3 Å². The van der Waals surface area contributed by atoms with Crippen molar-refractivity contribution < 1.29 is 14.3 Å². The molecule has 7 heteroatoms. The molecule has 2 saturated heterocycles. The summed E-state index contributed by atoms with van der Waals surface area (Å²) < 4.78 is 5.29. The number of amides is 3. The SMILES string of the molecule is COc1ccc(C(CNC(=O)C2CCN(C(=O)Nc3ccccc3)CC2)N2CCCC2)cc1. The Morgan fingerprint density at radius 3 is 2.27 bits per heavy atom. The Hall–Kier alpha value is -3.06. The van der Waals surface area contributed by atoms with E-state index in [1.54, 1.807) is 12.0 Å². The van der Waals surface area contributed by atoms with Gasteiger partial charge < -0.3 is 20.3 Å². The first kappa shape index (κ1) is 23.1. The highest BCUT2D eigenvalue weighted by atomic mass is 16.5. The Bertz CT molecular complexity index is 905. The molecule has 4 rings (SSSR count). The van der Waals surface area contributed by atoms with Crippen molar-refractivity contribution in [3.63, 3.8) is 0 Å². The molecule has 2 N–H and O–H groups in total. The zero-order chi connectivity index (χ0) is 23.0. The molecule has 0 saturated carbocycles. The second kappa shape index (κ2) is 11.2. The van der Waals surface area contributed by atoms with Crippen LogP contribution in [0, 0.1) is 5.92 Å². The summed E-state index contributed by atoms with van der Waals surface area (Å²) >= 11 is 0. The topological polar surface area (TPSA) is 73.9 Å². The van der Waals surface area contributed by atoms with Crippen LogP contribution in [0.25, 0.3) is 0 Å². The van der Waals surface area contributed by atoms with E-state index in [1.165, 1.54) is 18.4 Å². The second-order valence-electron chi connectivity index (χ2n) is 8.83. The van der Waals surface area contributed by atoms with Gasteiger partial charge in [0, 0.05) is 31.2 Å². The Labute approximate surface area is 196 Å². The van der Waals surface area contributed by atoms with E-state index in [1.807, 2.05) is 42.5 Å². The number of rotatable bonds is 7. The molecule has 0 bridgehead atoms. The van der Waals surface area contributed by atoms with E-state index in [0.29, 0.717) is 32.5 Å². The molecular formula is C26H34N4O3. The number of carbonyl (C=O) groups is 2. The lowest BCUT2D eigenvalue weighted by Gasteiger charge is -2.32. The molecule has 2 aliphatic rings. The van der Waals surface area contributed by atoms with Crippen molar-refractivity contribution in [2.45, 2.75) is 31.7 Å². The zero-order valence-corrected chi connectivity index (χ0v) is 19.3. The molecule has 1 atom stereocenters. The van der Waals surface area contributed by atoms with Gasteiger partial charge in [0.15, 0.2) is 0 Å². The normalized spacial score (nSPS) is 18.0. The minimum atomic E-state index is -0.103. The predicted molar refractivity (Wildman–Crippen MR) is 129 cm³/mol. The van der Waals surface area contributed by atoms with Gasteiger partial charge in [-0.3, -0.25) is 9.69 Å². The third-order valence-corrected chi connectivity index (χ3v) is 6.73. The van der Waals surface area contributed by atoms with Crippen molar-refractivity contribution in [3.8, 4) is 5.75 Å². The van der Waals surface area contributed by atoms with E-state index in [9.17, 15) is 9.59 Å². The maximum absolute atomic E-state index is 12.9. The lowest BCUT2D eigenvalue weighted by molar-refractivity contribution is -0.126. The van der Waals surface area contributed by atoms with Crippen molar-refractivity contribution >= 4 is 17.6 Å². The van der Waals surface area contributed by atoms with Crippen LogP contribution in [0.4, 0.5) is 10.5 Å². The molecule has 0 aromatic heterocycles. The van der Waals surface area contributed by atoms with E-state index in [-0.39, 0.29) is 23.9 Å². The quantitative estimate of drug-likeness (QED) is 0.671. The molecule has 2 aromatic rings. The van der Waals surface area contributed by atoms with Crippen molar-refractivity contribution in [3.05, 3.63) is 60.2 Å². The van der Waals surface area contributed by atoms with Crippen LogP contribution < -0.4 is 15.4 Å². The average molecular weight is 451 g/mol. The lowest BCUT2D eigenvalue weighted by Crippen LogP contribution is -2.45. The van der Waals surface area contributed by atoms with Crippen LogP contribution in [0.5, 0.6) is 5.75 Å². The Morgan fingerprint density at radius 1 is 0.970 bits per heavy atom. The molecule has 3 amide bonds. The van der Waals surface area contributed by atoms with Gasteiger partial charge in [-0.25, -0.2) is 4.79 Å². The van der Waals surface area contributed by atoms with Gasteiger partial charge in [0.25, 0.3) is 0 Å². The monoisotopic (exact) mass is 450 g/mol. The van der Waals surface area contributed by atoms with E-state index < -0.39 is 0 Å². The third kappa shape index (κ3) is 6.05. The summed E-state index contributed by atoms with van der Waals surface area (Å²) in [4.78, 5) is 29.7. The van der Waals surface area contributed by atoms with Crippen LogP contribution in [-0.2, 0) is 4.79 Å². The van der Waals surface area contributed by atoms with Crippen LogP contribution in [0.2, 0.25) is 0 Å². The number of hydrogen-bond donors (Lipinski definition) is 2. The first-order valence-electron chi connectivity index (χ1n) is 11.9. The Morgan fingerprint density at radius 2 is 1.64 bits per heavy atom. The molecule has 1 unspecified atom stereocenters. The van der Waals surface area contributed by atoms with Crippen LogP contribution in [0.15, 0.2) is 54.6 Å². The minimum Gasteiger partial charge on any atom is -0.497 e. The lowest BCUT2D eigenvalue weighted by atomic mass is 9.95. The maximum atomic E-state index is 12.9. The number of likely N-dealkylation sites (tertiary alicyclic amines) is 2. The number of benzene rings is 2. The van der Waals surface area contributed by atoms with Gasteiger partial charge in [0.05, 0.1) is 13.2 Å². The molecule has 0 aliphatic carbocycles. The Balaban J connectivity index is 1.28. The Kier molecular flexibility index (Phi) is 7.83. The molecule has 2 aliphatic heterocycles. The number of urea groups is 1. The smallest absolute Gasteiger partial charge is 0.321 e. The van der Waals surface area contributed by atoms with Crippen LogP contribution >= 0.6 is 0 Å². The first-order chi connectivity index (χ1) is 16.1. The fourth-order valence-electron chi connectivity index (χ4n) is 4.75. The summed E-state index contributed by atoms with van der Waals surface area (Å²) in [6, 6.07) is 17.7. The summed E-state index contributed by atoms with van der Waals surface area (Å²) in [6.45, 7) is 3.89. The molecule has 0 radical (unpaired) electrons. The van der Waals surface area contributed by atoms with E-state index in [2.05, 4.69) is 27.7 Å². The van der Waals surface area contributed by atoms with Gasteiger partial charge in [0.2, 0.25) is 5.91 Å². The number of carbonyl (C=O) groups excluding carboxylic acids is 2. The zero-order valence-electron chi connectivity index (χ0n) is 19.3. The number of methoxy groups -OCH3 is 1. The standard InChI is InChI=1S/C26H34N4O3/c1-33-23-11-9-20(10-12-23)24(29-15-5-6-16-29)19-27-25(31)21-13-17-30(18-14-21)26(32)28-22-7-3-2-4-8-22/h2-4,7-12,21,24H,5-6,13-19H2,1H3,(H,27,31)(H,28,32). The minimum absolute atomic E-state index is 0.0547. The number of hydrogen-bond acceptors (Lipinski definition) is 4. The average Bonchev–Trinajstić information content (AvgIpc) is 3.40. The molecule has 2 fully saturated rings. The van der Waals surface area contributed by atoms with Crippen molar-refractivity contribution in [1.29, 1.82) is 0 Å². The fourth-order valence-corrected chi connectivity index (χ4v) is 4.75. The third-order valence-electron chi connectivity index (χ3n) is 6.73. The highest BCUT2D eigenvalue weighted by Gasteiger charge is 2.29. The molecule has 7 nitrogen and oxygen atoms in total. The molecule has 33 heavy (non-hydrogen) atoms. The van der Waals surface area contributed by atoms with Gasteiger partial charge >= 0.3 is 6.03 Å². The largest absolute Gasteiger partial charge is 0.497 e. The summed E-state index contributed by atoms with van der Waals surface area (Å²) in [5.74, 6) is 0.878. The number of nitrogens with zero attached hydrogens (tertiary/aromatic N) is 2. The number of para-hydroxylation sites is 1. The highest BCUT2D eigenvalue weighted by Crippen LogP contribution is 2.27. The summed E-state index contributed by atoms with van der Waals surface area (Å²) in [6.07, 6.45) is 3.77. The van der Waals surface area contributed by atoms with Crippen LogP contribution in [-0.4, -0.2) is 61.6 Å². The number of piperidine rings is 1. The maximum Gasteiger partial charge on any atom is 0.321 e. The molecule has 0 spiro atoms. The van der Waals surface area contributed by atoms with E-state index in [0.717, 1.165) is 24.5 Å². The van der Waals surface area contributed by atoms with Crippen molar-refractivity contribution in [2.75, 3.05) is 45.2 Å². The molecule has 176 valence electrons. The summed E-state index contributed by atoms with van der Waals surface area (Å²) in [5.41, 5.74) is 1.99. The first-order valence-corrected chi connectivity index (χ1v) is 11.9. The van der Waals surface area contributed by atoms with Crippen LogP contribution in [0.1, 0.15) is 37.3 Å². The van der Waals surface area contributed by atoms with Crippen molar-refractivity contribution in [2.24, 2.45) is 5.92 Å². The van der Waals surface area contributed by atoms with Gasteiger partial charge in [-0.05, 0) is 68.6 Å². The highest BCUT2D eigenvalue weighted by molar-refractivity contribution is 5.89. The molecule has 2 heterocycles. The van der Waals surface area contributed by atoms with E-state index >= 15 is 0 Å². The number of nitrogens with one attached hydrogen (secondary N) is 2. The predicted octanol–water partition coefficient (Wildman–Crippen LogP) is 3.89. The summed E-state index contributed by atoms with van der Waals surface area (Å²) in [7, 11) is 1.67.